The van der Waals surface area contributed by atoms with Crippen molar-refractivity contribution in [1.29, 1.82) is 0 Å². The predicted molar refractivity (Wildman–Crippen MR) is 238 cm³/mol. The van der Waals surface area contributed by atoms with E-state index in [2.05, 4.69) is 36.6 Å². The van der Waals surface area contributed by atoms with Crippen molar-refractivity contribution in [3.8, 4) is 0 Å². The fourth-order valence-corrected chi connectivity index (χ4v) is 6.56. The van der Waals surface area contributed by atoms with Gasteiger partial charge in [-0.15, -0.1) is 0 Å². The van der Waals surface area contributed by atoms with E-state index in [0.29, 0.717) is 19.3 Å². The number of hydrogen-bond donors (Lipinski definition) is 5. The molecule has 0 fully saturated rings. The molecule has 1 unspecified atom stereocenters. The summed E-state index contributed by atoms with van der Waals surface area (Å²) >= 11 is 0. The van der Waals surface area contributed by atoms with Crippen molar-refractivity contribution in [2.45, 2.75) is 192 Å². The van der Waals surface area contributed by atoms with Gasteiger partial charge in [0.25, 0.3) is 0 Å². The van der Waals surface area contributed by atoms with E-state index in [0.717, 1.165) is 44.9 Å². The third-order valence-electron chi connectivity index (χ3n) is 9.43. The number of ether oxygens (including phenoxy) is 2. The molecule has 0 aliphatic rings. The van der Waals surface area contributed by atoms with Crippen LogP contribution in [0.1, 0.15) is 168 Å². The Morgan fingerprint density at radius 1 is 0.600 bits per heavy atom. The van der Waals surface area contributed by atoms with Gasteiger partial charge in [0.2, 0.25) is 0 Å². The summed E-state index contributed by atoms with van der Waals surface area (Å²) in [5.74, 6) is -2.66. The molecule has 60 heavy (non-hydrogen) atoms. The smallest absolute Gasteiger partial charge is 0.472 e. The molecule has 0 rings (SSSR count). The van der Waals surface area contributed by atoms with E-state index in [1.165, 1.54) is 70.6 Å². The van der Waals surface area contributed by atoms with Gasteiger partial charge in [-0.1, -0.05) is 152 Å². The van der Waals surface area contributed by atoms with E-state index < -0.39 is 69.9 Å². The lowest BCUT2D eigenvalue weighted by atomic mass is 10.1. The lowest BCUT2D eigenvalue weighted by Crippen LogP contribution is -2.34. The summed E-state index contributed by atoms with van der Waals surface area (Å²) in [6, 6.07) is -1.56. The lowest BCUT2D eigenvalue weighted by Gasteiger charge is -2.20. The van der Waals surface area contributed by atoms with Crippen LogP contribution in [0.15, 0.2) is 60.8 Å². The Morgan fingerprint density at radius 2 is 1.08 bits per heavy atom. The predicted octanol–water partition coefficient (Wildman–Crippen LogP) is 9.89. The number of carboxylic acids is 1. The van der Waals surface area contributed by atoms with Crippen LogP contribution in [0.4, 0.5) is 0 Å². The highest BCUT2D eigenvalue weighted by atomic mass is 31.2. The van der Waals surface area contributed by atoms with Gasteiger partial charge in [0.1, 0.15) is 12.6 Å². The number of hydrogen-bond acceptors (Lipinski definition) is 11. The van der Waals surface area contributed by atoms with Crippen LogP contribution in [0.2, 0.25) is 0 Å². The average molecular weight is 870 g/mol. The van der Waals surface area contributed by atoms with Crippen molar-refractivity contribution in [1.82, 2.24) is 0 Å². The van der Waals surface area contributed by atoms with Crippen LogP contribution < -0.4 is 5.73 Å². The first-order valence-corrected chi connectivity index (χ1v) is 24.0. The van der Waals surface area contributed by atoms with Crippen molar-refractivity contribution >= 4 is 25.7 Å². The number of allylic oxidation sites excluding steroid dienone is 7. The van der Waals surface area contributed by atoms with Crippen LogP contribution >= 0.6 is 7.82 Å². The molecule has 6 N–H and O–H groups in total. The number of aliphatic hydroxyl groups is 2. The fourth-order valence-electron chi connectivity index (χ4n) is 5.78. The summed E-state index contributed by atoms with van der Waals surface area (Å²) in [4.78, 5) is 46.0. The molecule has 0 aromatic carbocycles. The first-order valence-electron chi connectivity index (χ1n) is 22.5. The molecule has 5 atom stereocenters. The second-order valence-corrected chi connectivity index (χ2v) is 16.7. The largest absolute Gasteiger partial charge is 0.480 e. The number of carboxylic acid groups (broad SMARTS) is 1. The Kier molecular flexibility index (Phi) is 38.2. The molecule has 0 saturated heterocycles. The van der Waals surface area contributed by atoms with Crippen molar-refractivity contribution in [2.24, 2.45) is 5.73 Å². The normalized spacial score (nSPS) is 15.3. The van der Waals surface area contributed by atoms with E-state index in [1.807, 2.05) is 6.08 Å². The molecule has 0 radical (unpaired) electrons. The van der Waals surface area contributed by atoms with Crippen LogP contribution in [-0.4, -0.2) is 82.3 Å². The summed E-state index contributed by atoms with van der Waals surface area (Å²) in [6.45, 7) is 2.48. The first kappa shape index (κ1) is 57.1. The summed E-state index contributed by atoms with van der Waals surface area (Å²) in [7, 11) is -4.78. The Balaban J connectivity index is 4.60. The molecule has 0 aromatic rings. The van der Waals surface area contributed by atoms with Gasteiger partial charge in [-0.05, 0) is 64.2 Å². The van der Waals surface area contributed by atoms with E-state index in [1.54, 1.807) is 36.5 Å². The SMILES string of the molecule is CCCCC/C=C\C[C@@H](O)/C=C/C=C/C=C\[C@@H](O)CCCC(=O)OC[C@H](COP(=O)(O)OC[C@H](N)C(=O)O)OC(=O)CCCCCCCCC/C=C\CCCCCCCC. The minimum Gasteiger partial charge on any atom is -0.480 e. The molecule has 346 valence electrons. The van der Waals surface area contributed by atoms with E-state index in [4.69, 9.17) is 24.8 Å². The molecule has 14 heteroatoms. The molecule has 0 amide bonds. The monoisotopic (exact) mass is 870 g/mol. The Bertz CT molecular complexity index is 1280. The summed E-state index contributed by atoms with van der Waals surface area (Å²) < 4.78 is 32.5. The quantitative estimate of drug-likeness (QED) is 0.0127. The molecule has 0 spiro atoms. The van der Waals surface area contributed by atoms with Gasteiger partial charge in [-0.2, -0.15) is 0 Å². The topological polar surface area (TPSA) is 212 Å². The molecule has 13 nitrogen and oxygen atoms in total. The highest BCUT2D eigenvalue weighted by molar-refractivity contribution is 7.47. The highest BCUT2D eigenvalue weighted by Gasteiger charge is 2.28. The number of esters is 2. The standard InChI is InChI=1S/C46H80NO12P/c1-3-5-7-9-11-12-13-14-15-16-17-18-19-20-21-23-29-35-45(51)59-42(38-57-60(54,55)58-39-43(47)46(52)53)37-56-44(50)36-30-34-41(49)33-28-25-24-27-32-40(48)31-26-22-10-8-6-4-2/h14-15,22,24-28,32-33,40-43,48-49H,3-13,16-21,23,29-31,34-39,47H2,1-2H3,(H,52,53)(H,54,55)/b15-14-,25-24+,26-22-,32-27+,33-28-/t40-,41-,42-,43+/m1/s1. The molecular weight excluding hydrogens is 789 g/mol. The first-order chi connectivity index (χ1) is 28.9. The van der Waals surface area contributed by atoms with Gasteiger partial charge in [-0.25, -0.2) is 4.57 Å². The third kappa shape index (κ3) is 39.2. The molecule has 0 aliphatic heterocycles. The number of aliphatic hydroxyl groups excluding tert-OH is 2. The van der Waals surface area contributed by atoms with E-state index >= 15 is 0 Å². The van der Waals surface area contributed by atoms with Gasteiger partial charge in [0.05, 0.1) is 25.4 Å². The zero-order chi connectivity index (χ0) is 44.5. The molecular formula is C46H80NO12P. The molecule has 0 heterocycles. The molecule has 0 aliphatic carbocycles. The Labute approximate surface area is 361 Å². The number of aliphatic carboxylic acids is 1. The minimum atomic E-state index is -4.78. The lowest BCUT2D eigenvalue weighted by molar-refractivity contribution is -0.161. The van der Waals surface area contributed by atoms with Crippen molar-refractivity contribution in [3.05, 3.63) is 60.8 Å². The molecule has 0 bridgehead atoms. The van der Waals surface area contributed by atoms with Crippen LogP contribution in [0, 0.1) is 0 Å². The summed E-state index contributed by atoms with van der Waals surface area (Å²) in [5, 5.41) is 29.2. The van der Waals surface area contributed by atoms with Gasteiger partial charge >= 0.3 is 25.7 Å². The van der Waals surface area contributed by atoms with Crippen LogP contribution in [-0.2, 0) is 37.5 Å². The second-order valence-electron chi connectivity index (χ2n) is 15.2. The second kappa shape index (κ2) is 40.2. The number of nitrogens with two attached hydrogens (primary N) is 1. The van der Waals surface area contributed by atoms with Gasteiger partial charge in [-0.3, -0.25) is 23.4 Å². The van der Waals surface area contributed by atoms with Gasteiger partial charge < -0.3 is 35.4 Å². The molecule has 0 aromatic heterocycles. The Hall–Kier alpha value is -2.90. The molecule has 0 saturated carbocycles. The number of phosphoric acid groups is 1. The number of unbranched alkanes of at least 4 members (excludes halogenated alkanes) is 16. The van der Waals surface area contributed by atoms with E-state index in [9.17, 15) is 34.1 Å². The van der Waals surface area contributed by atoms with Crippen LogP contribution in [0.3, 0.4) is 0 Å². The van der Waals surface area contributed by atoms with E-state index in [-0.39, 0.29) is 19.3 Å². The number of rotatable bonds is 41. The number of phosphoric ester groups is 1. The maximum Gasteiger partial charge on any atom is 0.472 e. The average Bonchev–Trinajstić information content (AvgIpc) is 3.21. The fraction of sp³-hybridized carbons (Fsp3) is 0.717. The summed E-state index contributed by atoms with van der Waals surface area (Å²) in [6.07, 6.45) is 39.1. The number of carbonyl (C=O) groups is 3. The number of carbonyl (C=O) groups excluding carboxylic acids is 2. The third-order valence-corrected chi connectivity index (χ3v) is 10.4. The van der Waals surface area contributed by atoms with Crippen LogP contribution in [0.5, 0.6) is 0 Å². The van der Waals surface area contributed by atoms with Crippen molar-refractivity contribution in [3.63, 3.8) is 0 Å². The Morgan fingerprint density at radius 3 is 1.68 bits per heavy atom. The maximum absolute atomic E-state index is 12.6. The minimum absolute atomic E-state index is 0.0411. The van der Waals surface area contributed by atoms with Crippen molar-refractivity contribution in [2.75, 3.05) is 19.8 Å². The zero-order valence-corrected chi connectivity index (χ0v) is 37.6. The maximum atomic E-state index is 12.6. The van der Waals surface area contributed by atoms with Crippen LogP contribution in [0.25, 0.3) is 0 Å². The van der Waals surface area contributed by atoms with Crippen molar-refractivity contribution < 1.29 is 57.7 Å². The highest BCUT2D eigenvalue weighted by Crippen LogP contribution is 2.43. The van der Waals surface area contributed by atoms with Gasteiger partial charge in [0, 0.05) is 12.8 Å². The summed E-state index contributed by atoms with van der Waals surface area (Å²) in [5.41, 5.74) is 5.32. The van der Waals surface area contributed by atoms with Gasteiger partial charge in [0.15, 0.2) is 6.10 Å². The zero-order valence-electron chi connectivity index (χ0n) is 36.8.